The highest BCUT2D eigenvalue weighted by molar-refractivity contribution is 7.99. The zero-order valence-corrected chi connectivity index (χ0v) is 18.8. The molecule has 0 bridgehead atoms. The second-order valence-electron chi connectivity index (χ2n) is 7.20. The molecule has 0 radical (unpaired) electrons. The highest BCUT2D eigenvalue weighted by Crippen LogP contribution is 2.37. The minimum absolute atomic E-state index is 0.175. The summed E-state index contributed by atoms with van der Waals surface area (Å²) in [6.45, 7) is 5.93. The standard InChI is InChI=1S/C23H25N5O2S/c1-5-31-23-26-22-24-15(3)19(21(29)25-18-9-7-6-8-14(18)2)20(28(22)27-23)16-10-12-17(30-4)13-11-16/h6-13,20H,5H2,1-4H3,(H,25,29)(H,24,26,27)/t20-/m0/s1. The molecule has 2 N–H and O–H groups in total. The lowest BCUT2D eigenvalue weighted by atomic mass is 9.95. The van der Waals surface area contributed by atoms with Crippen LogP contribution in [0.25, 0.3) is 0 Å². The number of allylic oxidation sites excluding steroid dienone is 1. The number of carbonyl (C=O) groups excluding carboxylic acids is 1. The molecule has 1 atom stereocenters. The third kappa shape index (κ3) is 4.16. The van der Waals surface area contributed by atoms with Gasteiger partial charge in [0.1, 0.15) is 11.8 Å². The average Bonchev–Trinajstić information content (AvgIpc) is 3.16. The van der Waals surface area contributed by atoms with E-state index in [1.165, 1.54) is 0 Å². The summed E-state index contributed by atoms with van der Waals surface area (Å²) in [6.07, 6.45) is 0. The quantitative estimate of drug-likeness (QED) is 0.549. The van der Waals surface area contributed by atoms with Crippen LogP contribution in [-0.2, 0) is 4.79 Å². The first-order chi connectivity index (χ1) is 15.0. The van der Waals surface area contributed by atoms with Crippen molar-refractivity contribution in [1.29, 1.82) is 0 Å². The maximum Gasteiger partial charge on any atom is 0.255 e. The first-order valence-corrected chi connectivity index (χ1v) is 11.1. The van der Waals surface area contributed by atoms with Gasteiger partial charge in [0, 0.05) is 11.4 Å². The first-order valence-electron chi connectivity index (χ1n) is 10.1. The van der Waals surface area contributed by atoms with Gasteiger partial charge in [0.05, 0.1) is 12.7 Å². The number of rotatable bonds is 6. The Balaban J connectivity index is 1.78. The molecule has 2 aromatic carbocycles. The molecule has 0 saturated heterocycles. The van der Waals surface area contributed by atoms with Crippen LogP contribution in [0.4, 0.5) is 11.6 Å². The number of aryl methyl sites for hydroxylation is 1. The number of hydrogen-bond donors (Lipinski definition) is 2. The number of methoxy groups -OCH3 is 1. The van der Waals surface area contributed by atoms with Crippen LogP contribution in [0.1, 0.15) is 31.0 Å². The van der Waals surface area contributed by atoms with Gasteiger partial charge in [0.15, 0.2) is 0 Å². The van der Waals surface area contributed by atoms with E-state index >= 15 is 0 Å². The van der Waals surface area contributed by atoms with Gasteiger partial charge in [-0.05, 0) is 48.9 Å². The van der Waals surface area contributed by atoms with Gasteiger partial charge >= 0.3 is 0 Å². The molecule has 160 valence electrons. The van der Waals surface area contributed by atoms with E-state index in [0.717, 1.165) is 34.0 Å². The van der Waals surface area contributed by atoms with E-state index in [9.17, 15) is 4.79 Å². The van der Waals surface area contributed by atoms with Crippen molar-refractivity contribution in [2.24, 2.45) is 0 Å². The van der Waals surface area contributed by atoms with Gasteiger partial charge < -0.3 is 15.4 Å². The number of benzene rings is 2. The molecule has 8 heteroatoms. The van der Waals surface area contributed by atoms with Crippen LogP contribution in [0.15, 0.2) is 65.0 Å². The van der Waals surface area contributed by atoms with Crippen LogP contribution in [-0.4, -0.2) is 33.5 Å². The van der Waals surface area contributed by atoms with E-state index in [4.69, 9.17) is 9.84 Å². The number of nitrogens with zero attached hydrogens (tertiary/aromatic N) is 3. The molecule has 0 spiro atoms. The average molecular weight is 436 g/mol. The summed E-state index contributed by atoms with van der Waals surface area (Å²) in [4.78, 5) is 18.1. The second-order valence-corrected chi connectivity index (χ2v) is 8.44. The number of aromatic nitrogens is 3. The SMILES string of the molecule is CCSc1nc2n(n1)[C@@H](c1ccc(OC)cc1)C(C(=O)Nc1ccccc1C)=C(C)N2. The Bertz CT molecular complexity index is 1140. The van der Waals surface area contributed by atoms with Crippen molar-refractivity contribution in [2.45, 2.75) is 32.0 Å². The normalized spacial score (nSPS) is 15.3. The van der Waals surface area contributed by atoms with Crippen molar-refractivity contribution in [3.63, 3.8) is 0 Å². The Morgan fingerprint density at radius 3 is 2.61 bits per heavy atom. The van der Waals surface area contributed by atoms with Gasteiger partial charge in [-0.1, -0.05) is 49.0 Å². The second kappa shape index (κ2) is 8.85. The Kier molecular flexibility index (Phi) is 5.99. The zero-order valence-electron chi connectivity index (χ0n) is 18.0. The fraction of sp³-hybridized carbons (Fsp3) is 0.261. The van der Waals surface area contributed by atoms with Crippen molar-refractivity contribution in [1.82, 2.24) is 14.8 Å². The number of thioether (sulfide) groups is 1. The predicted octanol–water partition coefficient (Wildman–Crippen LogP) is 4.63. The van der Waals surface area contributed by atoms with Gasteiger partial charge in [-0.25, -0.2) is 4.68 Å². The molecule has 0 unspecified atom stereocenters. The monoisotopic (exact) mass is 435 g/mol. The smallest absolute Gasteiger partial charge is 0.255 e. The number of carbonyl (C=O) groups is 1. The van der Waals surface area contributed by atoms with Crippen molar-refractivity contribution >= 4 is 29.3 Å². The third-order valence-corrected chi connectivity index (χ3v) is 5.90. The summed E-state index contributed by atoms with van der Waals surface area (Å²) in [6, 6.07) is 15.0. The number of amides is 1. The van der Waals surface area contributed by atoms with E-state index in [1.54, 1.807) is 23.6 Å². The Morgan fingerprint density at radius 1 is 1.19 bits per heavy atom. The van der Waals surface area contributed by atoms with Crippen LogP contribution in [0.3, 0.4) is 0 Å². The molecule has 1 aromatic heterocycles. The van der Waals surface area contributed by atoms with Gasteiger partial charge in [0.2, 0.25) is 11.1 Å². The largest absolute Gasteiger partial charge is 0.497 e. The number of para-hydroxylation sites is 1. The highest BCUT2D eigenvalue weighted by atomic mass is 32.2. The molecule has 1 amide bonds. The number of fused-ring (bicyclic) bond motifs is 1. The summed E-state index contributed by atoms with van der Waals surface area (Å²) in [7, 11) is 1.63. The summed E-state index contributed by atoms with van der Waals surface area (Å²) in [5.41, 5.74) is 4.06. The molecule has 0 saturated carbocycles. The lowest BCUT2D eigenvalue weighted by Gasteiger charge is -2.29. The minimum Gasteiger partial charge on any atom is -0.497 e. The maximum absolute atomic E-state index is 13.5. The molecule has 1 aliphatic rings. The minimum atomic E-state index is -0.412. The zero-order chi connectivity index (χ0) is 22.0. The van der Waals surface area contributed by atoms with E-state index in [0.29, 0.717) is 16.7 Å². The van der Waals surface area contributed by atoms with Gasteiger partial charge in [-0.15, -0.1) is 5.10 Å². The molecular formula is C23H25N5O2S. The predicted molar refractivity (Wildman–Crippen MR) is 124 cm³/mol. The van der Waals surface area contributed by atoms with Crippen LogP contribution >= 0.6 is 11.8 Å². The molecular weight excluding hydrogens is 410 g/mol. The lowest BCUT2D eigenvalue weighted by Crippen LogP contribution is -2.31. The van der Waals surface area contributed by atoms with Gasteiger partial charge in [-0.3, -0.25) is 4.79 Å². The fourth-order valence-electron chi connectivity index (χ4n) is 3.61. The van der Waals surface area contributed by atoms with Crippen molar-refractivity contribution in [2.75, 3.05) is 23.5 Å². The molecule has 0 aliphatic carbocycles. The molecule has 1 aliphatic heterocycles. The number of nitrogens with one attached hydrogen (secondary N) is 2. The number of ether oxygens (including phenoxy) is 1. The van der Waals surface area contributed by atoms with E-state index in [2.05, 4.69) is 22.5 Å². The topological polar surface area (TPSA) is 81.1 Å². The summed E-state index contributed by atoms with van der Waals surface area (Å²) in [5.74, 6) is 2.07. The summed E-state index contributed by atoms with van der Waals surface area (Å²) in [5, 5.41) is 11.7. The lowest BCUT2D eigenvalue weighted by molar-refractivity contribution is -0.113. The summed E-state index contributed by atoms with van der Waals surface area (Å²) >= 11 is 1.57. The molecule has 31 heavy (non-hydrogen) atoms. The van der Waals surface area contributed by atoms with Crippen LogP contribution in [0, 0.1) is 6.92 Å². The molecule has 4 rings (SSSR count). The molecule has 0 fully saturated rings. The van der Waals surface area contributed by atoms with Crippen LogP contribution < -0.4 is 15.4 Å². The first kappa shape index (κ1) is 21.0. The van der Waals surface area contributed by atoms with E-state index < -0.39 is 6.04 Å². The van der Waals surface area contributed by atoms with Crippen LogP contribution in [0.2, 0.25) is 0 Å². The van der Waals surface area contributed by atoms with Gasteiger partial charge in [-0.2, -0.15) is 4.98 Å². The Labute approximate surface area is 185 Å². The highest BCUT2D eigenvalue weighted by Gasteiger charge is 2.34. The van der Waals surface area contributed by atoms with E-state index in [-0.39, 0.29) is 5.91 Å². The fourth-order valence-corrected chi connectivity index (χ4v) is 4.17. The molecule has 7 nitrogen and oxygen atoms in total. The third-order valence-electron chi connectivity index (χ3n) is 5.18. The van der Waals surface area contributed by atoms with Gasteiger partial charge in [0.25, 0.3) is 5.91 Å². The molecule has 3 aromatic rings. The van der Waals surface area contributed by atoms with Crippen molar-refractivity contribution in [3.8, 4) is 5.75 Å². The van der Waals surface area contributed by atoms with E-state index in [1.807, 2.05) is 62.4 Å². The van der Waals surface area contributed by atoms with Crippen LogP contribution in [0.5, 0.6) is 5.75 Å². The number of hydrogen-bond acceptors (Lipinski definition) is 6. The Hall–Kier alpha value is -3.26. The molecule has 2 heterocycles. The Morgan fingerprint density at radius 2 is 1.94 bits per heavy atom. The number of anilines is 2. The maximum atomic E-state index is 13.5. The van der Waals surface area contributed by atoms with Crippen molar-refractivity contribution in [3.05, 3.63) is 70.9 Å². The summed E-state index contributed by atoms with van der Waals surface area (Å²) < 4.78 is 7.10. The van der Waals surface area contributed by atoms with Crippen molar-refractivity contribution < 1.29 is 9.53 Å².